The molecule has 26 heavy (non-hydrogen) atoms. The van der Waals surface area contributed by atoms with Gasteiger partial charge in [0.15, 0.2) is 0 Å². The van der Waals surface area contributed by atoms with E-state index in [-0.39, 0.29) is 6.04 Å². The van der Waals surface area contributed by atoms with Crippen molar-refractivity contribution in [2.75, 3.05) is 13.1 Å². The number of hydrogen-bond donors (Lipinski definition) is 1. The minimum absolute atomic E-state index is 0.137. The fraction of sp³-hybridized carbons (Fsp3) is 0.318. The second-order valence-electron chi connectivity index (χ2n) is 7.15. The number of hydrogen-bond acceptors (Lipinski definition) is 3. The number of nitrogens with one attached hydrogen (secondary N) is 1. The Morgan fingerprint density at radius 3 is 2.73 bits per heavy atom. The number of nitrogens with zero attached hydrogens (tertiary/aromatic N) is 2. The number of benzene rings is 1. The van der Waals surface area contributed by atoms with Crippen LogP contribution < -0.4 is 5.32 Å². The predicted octanol–water partition coefficient (Wildman–Crippen LogP) is 4.34. The largest absolute Gasteiger partial charge is 0.380 e. The lowest BCUT2D eigenvalue weighted by atomic mass is 9.87. The Morgan fingerprint density at radius 2 is 2.00 bits per heavy atom. The number of rotatable bonds is 2. The lowest BCUT2D eigenvalue weighted by molar-refractivity contribution is 0.326. The van der Waals surface area contributed by atoms with E-state index in [9.17, 15) is 0 Å². The smallest absolute Gasteiger partial charge is 0.0722 e. The highest BCUT2D eigenvalue weighted by atomic mass is 35.5. The van der Waals surface area contributed by atoms with E-state index in [1.807, 2.05) is 12.4 Å². The summed E-state index contributed by atoms with van der Waals surface area (Å²) >= 11 is 6.78. The molecule has 4 rings (SSSR count). The van der Waals surface area contributed by atoms with Crippen LogP contribution in [0.15, 0.2) is 63.9 Å². The Labute approximate surface area is 160 Å². The van der Waals surface area contributed by atoms with Crippen molar-refractivity contribution in [2.24, 2.45) is 4.99 Å². The van der Waals surface area contributed by atoms with E-state index >= 15 is 0 Å². The molecule has 0 amide bonds. The first-order valence-corrected chi connectivity index (χ1v) is 9.53. The van der Waals surface area contributed by atoms with Gasteiger partial charge in [-0.1, -0.05) is 29.8 Å². The van der Waals surface area contributed by atoms with Gasteiger partial charge >= 0.3 is 0 Å². The van der Waals surface area contributed by atoms with Gasteiger partial charge in [-0.15, -0.1) is 0 Å². The summed E-state index contributed by atoms with van der Waals surface area (Å²) in [6, 6.07) is 6.82. The van der Waals surface area contributed by atoms with E-state index < -0.39 is 0 Å². The van der Waals surface area contributed by atoms with Crippen LogP contribution in [0.5, 0.6) is 0 Å². The quantitative estimate of drug-likeness (QED) is 0.844. The van der Waals surface area contributed by atoms with Crippen LogP contribution in [-0.4, -0.2) is 36.3 Å². The number of aliphatic imine (C=N–C) groups is 1. The Hall–Kier alpha value is -2.26. The predicted molar refractivity (Wildman–Crippen MR) is 110 cm³/mol. The Bertz CT molecular complexity index is 868. The highest BCUT2D eigenvalue weighted by molar-refractivity contribution is 6.37. The molecule has 2 heterocycles. The van der Waals surface area contributed by atoms with Crippen LogP contribution in [0.3, 0.4) is 0 Å². The molecule has 1 aromatic rings. The minimum atomic E-state index is 0.137. The van der Waals surface area contributed by atoms with Crippen LogP contribution in [0.4, 0.5) is 0 Å². The van der Waals surface area contributed by atoms with Crippen molar-refractivity contribution in [3.05, 3.63) is 75.6 Å². The zero-order chi connectivity index (χ0) is 18.3. The maximum Gasteiger partial charge on any atom is 0.0722 e. The van der Waals surface area contributed by atoms with Crippen LogP contribution in [0.25, 0.3) is 5.57 Å². The molecule has 1 unspecified atom stereocenters. The molecule has 2 atom stereocenters. The van der Waals surface area contributed by atoms with Gasteiger partial charge in [0, 0.05) is 29.1 Å². The summed E-state index contributed by atoms with van der Waals surface area (Å²) in [4.78, 5) is 6.82. The topological polar surface area (TPSA) is 27.6 Å². The first kappa shape index (κ1) is 17.2. The van der Waals surface area contributed by atoms with E-state index in [1.54, 1.807) is 0 Å². The molecule has 0 fully saturated rings. The van der Waals surface area contributed by atoms with Crippen LogP contribution in [-0.2, 0) is 0 Å². The van der Waals surface area contributed by atoms with Crippen molar-refractivity contribution < 1.29 is 0 Å². The number of dihydropyridines is 1. The second kappa shape index (κ2) is 6.81. The summed E-state index contributed by atoms with van der Waals surface area (Å²) in [6.07, 6.45) is 10.6. The number of aryl methyl sites for hydroxylation is 2. The summed E-state index contributed by atoms with van der Waals surface area (Å²) < 4.78 is 0. The van der Waals surface area contributed by atoms with Gasteiger partial charge in [0.1, 0.15) is 0 Å². The Morgan fingerprint density at radius 1 is 1.23 bits per heavy atom. The van der Waals surface area contributed by atoms with Gasteiger partial charge in [0.05, 0.1) is 18.6 Å². The van der Waals surface area contributed by atoms with Gasteiger partial charge in [-0.25, -0.2) is 0 Å². The molecular formula is C22H24ClN3. The lowest BCUT2D eigenvalue weighted by Gasteiger charge is -2.37. The zero-order valence-electron chi connectivity index (χ0n) is 15.5. The van der Waals surface area contributed by atoms with Gasteiger partial charge < -0.3 is 10.2 Å². The summed E-state index contributed by atoms with van der Waals surface area (Å²) in [5.74, 6) is 0. The van der Waals surface area contributed by atoms with Crippen LogP contribution in [0.2, 0.25) is 0 Å². The first-order chi connectivity index (χ1) is 12.6. The molecule has 3 nitrogen and oxygen atoms in total. The molecule has 1 aliphatic carbocycles. The summed E-state index contributed by atoms with van der Waals surface area (Å²) in [7, 11) is 0. The minimum Gasteiger partial charge on any atom is -0.380 e. The average Bonchev–Trinajstić information content (AvgIpc) is 2.62. The van der Waals surface area contributed by atoms with E-state index in [0.717, 1.165) is 23.7 Å². The van der Waals surface area contributed by atoms with Crippen molar-refractivity contribution in [1.82, 2.24) is 10.2 Å². The fourth-order valence-corrected chi connectivity index (χ4v) is 4.33. The molecule has 0 radical (unpaired) electrons. The van der Waals surface area contributed by atoms with Crippen LogP contribution >= 0.6 is 11.6 Å². The van der Waals surface area contributed by atoms with E-state index in [0.29, 0.717) is 6.04 Å². The van der Waals surface area contributed by atoms with Crippen molar-refractivity contribution in [1.29, 1.82) is 0 Å². The fourth-order valence-electron chi connectivity index (χ4n) is 4.06. The maximum absolute atomic E-state index is 6.78. The highest BCUT2D eigenvalue weighted by Gasteiger charge is 2.28. The number of halogens is 1. The third-order valence-electron chi connectivity index (χ3n) is 5.36. The van der Waals surface area contributed by atoms with E-state index in [4.69, 9.17) is 11.6 Å². The molecule has 3 aliphatic rings. The maximum atomic E-state index is 6.78. The van der Waals surface area contributed by atoms with Gasteiger partial charge in [-0.3, -0.25) is 4.99 Å². The third-order valence-corrected chi connectivity index (χ3v) is 5.68. The van der Waals surface area contributed by atoms with Gasteiger partial charge in [-0.2, -0.15) is 0 Å². The third kappa shape index (κ3) is 2.90. The molecule has 2 aliphatic heterocycles. The summed E-state index contributed by atoms with van der Waals surface area (Å²) in [5, 5.41) is 4.29. The Kier molecular flexibility index (Phi) is 4.49. The molecule has 0 spiro atoms. The van der Waals surface area contributed by atoms with Gasteiger partial charge in [0.25, 0.3) is 0 Å². The van der Waals surface area contributed by atoms with E-state index in [2.05, 4.69) is 72.4 Å². The molecule has 1 aromatic carbocycles. The molecule has 4 heteroatoms. The summed E-state index contributed by atoms with van der Waals surface area (Å²) in [6.45, 7) is 8.26. The molecule has 0 bridgehead atoms. The molecular weight excluding hydrogens is 342 g/mol. The van der Waals surface area contributed by atoms with Crippen LogP contribution in [0.1, 0.15) is 23.6 Å². The normalized spacial score (nSPS) is 24.8. The van der Waals surface area contributed by atoms with Crippen molar-refractivity contribution in [3.8, 4) is 0 Å². The van der Waals surface area contributed by atoms with Crippen molar-refractivity contribution in [2.45, 2.75) is 32.9 Å². The van der Waals surface area contributed by atoms with Crippen molar-refractivity contribution >= 4 is 23.4 Å². The van der Waals surface area contributed by atoms with E-state index in [1.165, 1.54) is 28.0 Å². The van der Waals surface area contributed by atoms with Crippen molar-refractivity contribution in [3.63, 3.8) is 0 Å². The second-order valence-corrected chi connectivity index (χ2v) is 7.55. The monoisotopic (exact) mass is 365 g/mol. The van der Waals surface area contributed by atoms with Gasteiger partial charge in [0.2, 0.25) is 0 Å². The average molecular weight is 366 g/mol. The highest BCUT2D eigenvalue weighted by Crippen LogP contribution is 2.38. The van der Waals surface area contributed by atoms with Crippen LogP contribution in [0, 0.1) is 13.8 Å². The number of allylic oxidation sites excluding steroid dienone is 3. The lowest BCUT2D eigenvalue weighted by Crippen LogP contribution is -2.42. The first-order valence-electron chi connectivity index (χ1n) is 9.15. The molecule has 0 saturated carbocycles. The molecule has 0 aromatic heterocycles. The molecule has 0 saturated heterocycles. The molecule has 1 N–H and O–H groups in total. The SMILES string of the molecule is Cc1cccc(C)c1C1=CC2NC=CC(N3CCN=C[C@@H]3C)=C2C=C1Cl. The standard InChI is InChI=1S/C22H24ClN3/c1-14-5-4-6-15(2)22(14)17-12-20-18(11-19(17)23)21(7-8-25-20)26-10-9-24-13-16(26)3/h4-8,11-13,16,20,25H,9-10H2,1-3H3/t16-,20?/m0/s1. The van der Waals surface area contributed by atoms with Gasteiger partial charge in [-0.05, 0) is 67.5 Å². The zero-order valence-corrected chi connectivity index (χ0v) is 16.2. The summed E-state index contributed by atoms with van der Waals surface area (Å²) in [5.41, 5.74) is 7.33. The number of fused-ring (bicyclic) bond motifs is 1. The molecule has 134 valence electrons. The Balaban J connectivity index is 1.78.